The van der Waals surface area contributed by atoms with Crippen LogP contribution in [-0.4, -0.2) is 25.0 Å². The van der Waals surface area contributed by atoms with Crippen molar-refractivity contribution in [3.05, 3.63) is 95.6 Å². The summed E-state index contributed by atoms with van der Waals surface area (Å²) >= 11 is 0. The van der Waals surface area contributed by atoms with Gasteiger partial charge in [0.05, 0.1) is 12.2 Å². The van der Waals surface area contributed by atoms with E-state index in [-0.39, 0.29) is 18.4 Å². The summed E-state index contributed by atoms with van der Waals surface area (Å²) in [5.74, 6) is 0.325. The molecule has 0 aliphatic carbocycles. The summed E-state index contributed by atoms with van der Waals surface area (Å²) in [5.41, 5.74) is 3.33. The highest BCUT2D eigenvalue weighted by Crippen LogP contribution is 2.34. The number of hydrogen-bond acceptors (Lipinski definition) is 3. The van der Waals surface area contributed by atoms with Gasteiger partial charge in [0.25, 0.3) is 11.8 Å². The molecular weight excluding hydrogens is 364 g/mol. The van der Waals surface area contributed by atoms with Crippen LogP contribution in [0.15, 0.2) is 78.9 Å². The van der Waals surface area contributed by atoms with E-state index in [4.69, 9.17) is 4.74 Å². The molecule has 3 aromatic rings. The Bertz CT molecular complexity index is 1000. The van der Waals surface area contributed by atoms with Crippen molar-refractivity contribution in [2.45, 2.75) is 13.0 Å². The first-order valence-electron chi connectivity index (χ1n) is 9.64. The van der Waals surface area contributed by atoms with Crippen LogP contribution in [0.5, 0.6) is 5.75 Å². The Labute approximate surface area is 169 Å². The minimum atomic E-state index is -0.165. The lowest BCUT2D eigenvalue weighted by Crippen LogP contribution is -2.38. The Balaban J connectivity index is 1.48. The van der Waals surface area contributed by atoms with Crippen LogP contribution in [-0.2, 0) is 17.8 Å². The molecular formula is C24H22N2O3. The van der Waals surface area contributed by atoms with Crippen LogP contribution < -0.4 is 15.0 Å². The first-order valence-corrected chi connectivity index (χ1v) is 9.64. The zero-order chi connectivity index (χ0) is 20.1. The largest absolute Gasteiger partial charge is 0.482 e. The number of benzene rings is 3. The second kappa shape index (κ2) is 8.61. The van der Waals surface area contributed by atoms with Crippen molar-refractivity contribution in [3.63, 3.8) is 0 Å². The minimum Gasteiger partial charge on any atom is -0.482 e. The monoisotopic (exact) mass is 386 g/mol. The predicted molar refractivity (Wildman–Crippen MR) is 112 cm³/mol. The molecule has 3 aromatic carbocycles. The van der Waals surface area contributed by atoms with Gasteiger partial charge >= 0.3 is 0 Å². The van der Waals surface area contributed by atoms with E-state index in [1.807, 2.05) is 60.7 Å². The van der Waals surface area contributed by atoms with Gasteiger partial charge in [-0.05, 0) is 35.7 Å². The number of carbonyl (C=O) groups excluding carboxylic acids is 2. The lowest BCUT2D eigenvalue weighted by atomic mass is 10.1. The highest BCUT2D eigenvalue weighted by atomic mass is 16.5. The van der Waals surface area contributed by atoms with Gasteiger partial charge in [-0.2, -0.15) is 0 Å². The van der Waals surface area contributed by atoms with Gasteiger partial charge in [-0.1, -0.05) is 60.7 Å². The zero-order valence-electron chi connectivity index (χ0n) is 16.0. The van der Waals surface area contributed by atoms with Crippen molar-refractivity contribution in [1.29, 1.82) is 0 Å². The van der Waals surface area contributed by atoms with Crippen molar-refractivity contribution in [2.75, 3.05) is 18.1 Å². The fraction of sp³-hybridized carbons (Fsp3) is 0.167. The number of amides is 2. The Morgan fingerprint density at radius 2 is 1.62 bits per heavy atom. The van der Waals surface area contributed by atoms with Crippen molar-refractivity contribution in [1.82, 2.24) is 5.32 Å². The summed E-state index contributed by atoms with van der Waals surface area (Å²) in [4.78, 5) is 26.8. The molecule has 5 nitrogen and oxygen atoms in total. The summed E-state index contributed by atoms with van der Waals surface area (Å²) in [6.45, 7) is 0.987. The Morgan fingerprint density at radius 1 is 0.931 bits per heavy atom. The number of ether oxygens (including phenoxy) is 1. The topological polar surface area (TPSA) is 58.6 Å². The quantitative estimate of drug-likeness (QED) is 0.704. The van der Waals surface area contributed by atoms with Gasteiger partial charge in [-0.25, -0.2) is 0 Å². The van der Waals surface area contributed by atoms with E-state index in [1.165, 1.54) is 5.56 Å². The van der Waals surface area contributed by atoms with Crippen molar-refractivity contribution in [2.24, 2.45) is 0 Å². The van der Waals surface area contributed by atoms with E-state index in [2.05, 4.69) is 5.32 Å². The predicted octanol–water partition coefficient (Wildman–Crippen LogP) is 3.58. The first kappa shape index (κ1) is 18.7. The molecule has 0 spiro atoms. The Kier molecular flexibility index (Phi) is 5.56. The van der Waals surface area contributed by atoms with Gasteiger partial charge < -0.3 is 15.0 Å². The Morgan fingerprint density at radius 3 is 2.34 bits per heavy atom. The molecule has 29 heavy (non-hydrogen) atoms. The maximum atomic E-state index is 12.6. The van der Waals surface area contributed by atoms with Gasteiger partial charge in [0.15, 0.2) is 6.61 Å². The van der Waals surface area contributed by atoms with Gasteiger partial charge in [0.1, 0.15) is 5.75 Å². The number of hydrogen-bond donors (Lipinski definition) is 1. The molecule has 2 amide bonds. The third kappa shape index (κ3) is 4.46. The minimum absolute atomic E-state index is 0.00243. The molecule has 146 valence electrons. The van der Waals surface area contributed by atoms with Crippen LogP contribution in [0, 0.1) is 0 Å². The number of rotatable bonds is 6. The van der Waals surface area contributed by atoms with E-state index < -0.39 is 0 Å². The summed E-state index contributed by atoms with van der Waals surface area (Å²) in [7, 11) is 0. The third-order valence-electron chi connectivity index (χ3n) is 4.89. The third-order valence-corrected chi connectivity index (χ3v) is 4.89. The van der Waals surface area contributed by atoms with E-state index in [0.717, 1.165) is 12.0 Å². The van der Waals surface area contributed by atoms with E-state index in [9.17, 15) is 9.59 Å². The molecule has 0 saturated heterocycles. The molecule has 4 rings (SSSR count). The Hall–Kier alpha value is -3.60. The molecule has 0 atom stereocenters. The van der Waals surface area contributed by atoms with E-state index in [0.29, 0.717) is 30.1 Å². The van der Waals surface area contributed by atoms with E-state index >= 15 is 0 Å². The van der Waals surface area contributed by atoms with Crippen molar-refractivity contribution < 1.29 is 14.3 Å². The van der Waals surface area contributed by atoms with Crippen LogP contribution in [0.3, 0.4) is 0 Å². The molecule has 1 heterocycles. The van der Waals surface area contributed by atoms with Crippen molar-refractivity contribution in [3.8, 4) is 5.75 Å². The number of fused-ring (bicyclic) bond motifs is 1. The number of carbonyl (C=O) groups is 2. The summed E-state index contributed by atoms with van der Waals surface area (Å²) in [6.07, 6.45) is 0.763. The summed E-state index contributed by atoms with van der Waals surface area (Å²) in [5, 5.41) is 2.95. The average molecular weight is 386 g/mol. The first-order chi connectivity index (χ1) is 14.2. The maximum Gasteiger partial charge on any atom is 0.265 e. The fourth-order valence-electron chi connectivity index (χ4n) is 3.35. The second-order valence-corrected chi connectivity index (χ2v) is 6.93. The van der Waals surface area contributed by atoms with Gasteiger partial charge in [0.2, 0.25) is 0 Å². The number of nitrogens with zero attached hydrogens (tertiary/aromatic N) is 1. The normalized spacial score (nSPS) is 12.8. The molecule has 0 bridgehead atoms. The van der Waals surface area contributed by atoms with Crippen LogP contribution in [0.4, 0.5) is 5.69 Å². The standard InChI is InChI=1S/C24H22N2O3/c27-23-17-29-22-12-11-20(24(28)25-14-13-18-7-3-1-4-8-18)15-21(22)26(23)16-19-9-5-2-6-10-19/h1-12,15H,13-14,16-17H2,(H,25,28). The molecule has 0 aromatic heterocycles. The summed E-state index contributed by atoms with van der Waals surface area (Å²) < 4.78 is 5.55. The SMILES string of the molecule is O=C(NCCc1ccccc1)c1ccc2c(c1)N(Cc1ccccc1)C(=O)CO2. The highest BCUT2D eigenvalue weighted by molar-refractivity contribution is 6.01. The number of anilines is 1. The average Bonchev–Trinajstić information content (AvgIpc) is 2.77. The maximum absolute atomic E-state index is 12.6. The molecule has 0 saturated carbocycles. The second-order valence-electron chi connectivity index (χ2n) is 6.93. The fourth-order valence-corrected chi connectivity index (χ4v) is 3.35. The number of nitrogens with one attached hydrogen (secondary N) is 1. The molecule has 1 aliphatic rings. The van der Waals surface area contributed by atoms with Gasteiger partial charge in [-0.15, -0.1) is 0 Å². The molecule has 0 fully saturated rings. The zero-order valence-corrected chi connectivity index (χ0v) is 16.0. The smallest absolute Gasteiger partial charge is 0.265 e. The van der Waals surface area contributed by atoms with Crippen LogP contribution in [0.25, 0.3) is 0 Å². The van der Waals surface area contributed by atoms with Crippen LogP contribution in [0.2, 0.25) is 0 Å². The molecule has 0 unspecified atom stereocenters. The molecule has 0 radical (unpaired) electrons. The molecule has 1 N–H and O–H groups in total. The highest BCUT2D eigenvalue weighted by Gasteiger charge is 2.26. The van der Waals surface area contributed by atoms with Crippen LogP contribution in [0.1, 0.15) is 21.5 Å². The lowest BCUT2D eigenvalue weighted by Gasteiger charge is -2.29. The van der Waals surface area contributed by atoms with Gasteiger partial charge in [-0.3, -0.25) is 9.59 Å². The molecule has 1 aliphatic heterocycles. The lowest BCUT2D eigenvalue weighted by molar-refractivity contribution is -0.121. The van der Waals surface area contributed by atoms with E-state index in [1.54, 1.807) is 23.1 Å². The van der Waals surface area contributed by atoms with Crippen molar-refractivity contribution >= 4 is 17.5 Å². The van der Waals surface area contributed by atoms with Crippen LogP contribution >= 0.6 is 0 Å². The van der Waals surface area contributed by atoms with Gasteiger partial charge in [0, 0.05) is 12.1 Å². The molecule has 5 heteroatoms. The summed E-state index contributed by atoms with van der Waals surface area (Å²) in [6, 6.07) is 25.0.